The summed E-state index contributed by atoms with van der Waals surface area (Å²) in [6.07, 6.45) is 1.02. The summed E-state index contributed by atoms with van der Waals surface area (Å²) in [5, 5.41) is 3.32. The second-order valence-electron chi connectivity index (χ2n) is 4.25. The van der Waals surface area contributed by atoms with E-state index in [9.17, 15) is 4.39 Å². The smallest absolute Gasteiger partial charge is 0.167 e. The van der Waals surface area contributed by atoms with Gasteiger partial charge in [0.15, 0.2) is 11.6 Å². The second kappa shape index (κ2) is 5.73. The minimum absolute atomic E-state index is 0.281. The van der Waals surface area contributed by atoms with Gasteiger partial charge in [0.1, 0.15) is 0 Å². The van der Waals surface area contributed by atoms with Crippen molar-refractivity contribution < 1.29 is 9.13 Å². The van der Waals surface area contributed by atoms with Crippen LogP contribution in [0.15, 0.2) is 18.2 Å². The quantitative estimate of drug-likeness (QED) is 0.825. The fourth-order valence-electron chi connectivity index (χ4n) is 1.71. The fraction of sp³-hybridized carbons (Fsp3) is 0.538. The molecule has 0 fully saturated rings. The Hall–Kier alpha value is -1.25. The molecule has 1 unspecified atom stereocenters. The van der Waals surface area contributed by atoms with Gasteiger partial charge in [0.2, 0.25) is 0 Å². The lowest BCUT2D eigenvalue weighted by Gasteiger charge is -2.22. The molecule has 0 aliphatic heterocycles. The molecule has 0 saturated carbocycles. The van der Waals surface area contributed by atoms with Gasteiger partial charge in [0.25, 0.3) is 0 Å². The zero-order valence-corrected chi connectivity index (χ0v) is 10.4. The maximum absolute atomic E-state index is 13.4. The third-order valence-corrected chi connectivity index (χ3v) is 2.75. The van der Waals surface area contributed by atoms with E-state index in [-0.39, 0.29) is 11.6 Å². The zero-order valence-electron chi connectivity index (χ0n) is 10.4. The summed E-state index contributed by atoms with van der Waals surface area (Å²) in [5.41, 5.74) is 0.804. The number of halogens is 1. The minimum Gasteiger partial charge on any atom is -0.494 e. The van der Waals surface area contributed by atoms with Gasteiger partial charge in [-0.05, 0) is 24.5 Å². The van der Waals surface area contributed by atoms with Gasteiger partial charge in [-0.1, -0.05) is 20.8 Å². The van der Waals surface area contributed by atoms with Crippen molar-refractivity contribution in [1.82, 2.24) is 0 Å². The van der Waals surface area contributed by atoms with Crippen LogP contribution in [0.3, 0.4) is 0 Å². The van der Waals surface area contributed by atoms with Gasteiger partial charge in [0, 0.05) is 17.8 Å². The summed E-state index contributed by atoms with van der Waals surface area (Å²) in [4.78, 5) is 0. The van der Waals surface area contributed by atoms with Crippen molar-refractivity contribution in [2.45, 2.75) is 33.2 Å². The Labute approximate surface area is 96.8 Å². The molecule has 3 heteroatoms. The van der Waals surface area contributed by atoms with E-state index in [1.807, 2.05) is 6.07 Å². The first-order valence-corrected chi connectivity index (χ1v) is 5.68. The molecule has 0 spiro atoms. The van der Waals surface area contributed by atoms with Crippen LogP contribution in [0.5, 0.6) is 5.75 Å². The summed E-state index contributed by atoms with van der Waals surface area (Å²) >= 11 is 0. The maximum atomic E-state index is 13.4. The van der Waals surface area contributed by atoms with E-state index in [0.29, 0.717) is 12.0 Å². The zero-order chi connectivity index (χ0) is 12.1. The molecular formula is C13H20FNO. The highest BCUT2D eigenvalue weighted by Crippen LogP contribution is 2.22. The van der Waals surface area contributed by atoms with Crippen molar-refractivity contribution in [2.24, 2.45) is 5.92 Å². The molecule has 0 heterocycles. The molecule has 1 aromatic carbocycles. The first kappa shape index (κ1) is 12.8. The average Bonchev–Trinajstić information content (AvgIpc) is 2.25. The van der Waals surface area contributed by atoms with Crippen LogP contribution in [0.1, 0.15) is 27.2 Å². The predicted octanol–water partition coefficient (Wildman–Crippen LogP) is 3.68. The molecule has 2 nitrogen and oxygen atoms in total. The van der Waals surface area contributed by atoms with E-state index < -0.39 is 0 Å². The van der Waals surface area contributed by atoms with E-state index in [0.717, 1.165) is 12.1 Å². The third-order valence-electron chi connectivity index (χ3n) is 2.75. The number of benzene rings is 1. The van der Waals surface area contributed by atoms with Gasteiger partial charge >= 0.3 is 0 Å². The Morgan fingerprint density at radius 2 is 2.06 bits per heavy atom. The molecule has 1 atom stereocenters. The number of anilines is 1. The van der Waals surface area contributed by atoms with Crippen LogP contribution in [0.4, 0.5) is 10.1 Å². The second-order valence-corrected chi connectivity index (χ2v) is 4.25. The summed E-state index contributed by atoms with van der Waals surface area (Å²) < 4.78 is 18.3. The number of ether oxygens (including phenoxy) is 1. The highest BCUT2D eigenvalue weighted by molar-refractivity contribution is 5.48. The monoisotopic (exact) mass is 225 g/mol. The molecule has 1 N–H and O–H groups in total. The molecule has 0 aliphatic rings. The normalized spacial score (nSPS) is 12.6. The largest absolute Gasteiger partial charge is 0.494 e. The molecule has 0 saturated heterocycles. The van der Waals surface area contributed by atoms with Crippen molar-refractivity contribution in [3.8, 4) is 5.75 Å². The molecule has 1 rings (SSSR count). The van der Waals surface area contributed by atoms with Crippen molar-refractivity contribution in [3.63, 3.8) is 0 Å². The number of hydrogen-bond acceptors (Lipinski definition) is 2. The molecule has 0 bridgehead atoms. The minimum atomic E-state index is -0.328. The van der Waals surface area contributed by atoms with Crippen LogP contribution in [0.25, 0.3) is 0 Å². The van der Waals surface area contributed by atoms with E-state index in [2.05, 4.69) is 26.1 Å². The SMILES string of the molecule is CCC(Nc1ccc(OC)c(F)c1)C(C)C. The van der Waals surface area contributed by atoms with Gasteiger partial charge in [-0.3, -0.25) is 0 Å². The highest BCUT2D eigenvalue weighted by Gasteiger charge is 2.11. The molecule has 1 aromatic rings. The Balaban J connectivity index is 2.78. The number of hydrogen-bond donors (Lipinski definition) is 1. The molecule has 0 radical (unpaired) electrons. The molecule has 0 amide bonds. The lowest BCUT2D eigenvalue weighted by molar-refractivity contribution is 0.386. The molecule has 0 aromatic heterocycles. The lowest BCUT2D eigenvalue weighted by atomic mass is 10.0. The Kier molecular flexibility index (Phi) is 4.59. The molecular weight excluding hydrogens is 205 g/mol. The predicted molar refractivity (Wildman–Crippen MR) is 65.5 cm³/mol. The summed E-state index contributed by atoms with van der Waals surface area (Å²) in [7, 11) is 1.47. The van der Waals surface area contributed by atoms with Gasteiger partial charge in [-0.2, -0.15) is 0 Å². The Bertz CT molecular complexity index is 339. The van der Waals surface area contributed by atoms with E-state index in [4.69, 9.17) is 4.74 Å². The standard InChI is InChI=1S/C13H20FNO/c1-5-12(9(2)3)15-10-6-7-13(16-4)11(14)8-10/h6-9,12,15H,5H2,1-4H3. The number of nitrogens with one attached hydrogen (secondary N) is 1. The summed E-state index contributed by atoms with van der Waals surface area (Å²) in [6, 6.07) is 5.33. The summed E-state index contributed by atoms with van der Waals surface area (Å²) in [6.45, 7) is 6.43. The number of methoxy groups -OCH3 is 1. The van der Waals surface area contributed by atoms with Crippen LogP contribution in [-0.2, 0) is 0 Å². The van der Waals surface area contributed by atoms with Gasteiger partial charge in [-0.15, -0.1) is 0 Å². The molecule has 90 valence electrons. The van der Waals surface area contributed by atoms with Crippen LogP contribution in [0, 0.1) is 11.7 Å². The van der Waals surface area contributed by atoms with E-state index in [1.165, 1.54) is 13.2 Å². The van der Waals surface area contributed by atoms with E-state index >= 15 is 0 Å². The number of rotatable bonds is 5. The van der Waals surface area contributed by atoms with Crippen molar-refractivity contribution >= 4 is 5.69 Å². The Morgan fingerprint density at radius 3 is 2.50 bits per heavy atom. The summed E-state index contributed by atoms with van der Waals surface area (Å²) in [5.74, 6) is 0.476. The van der Waals surface area contributed by atoms with Crippen LogP contribution < -0.4 is 10.1 Å². The first-order valence-electron chi connectivity index (χ1n) is 5.68. The highest BCUT2D eigenvalue weighted by atomic mass is 19.1. The van der Waals surface area contributed by atoms with Crippen molar-refractivity contribution in [1.29, 1.82) is 0 Å². The van der Waals surface area contributed by atoms with Crippen molar-refractivity contribution in [3.05, 3.63) is 24.0 Å². The van der Waals surface area contributed by atoms with Gasteiger partial charge in [0.05, 0.1) is 7.11 Å². The van der Waals surface area contributed by atoms with Gasteiger partial charge < -0.3 is 10.1 Å². The lowest BCUT2D eigenvalue weighted by Crippen LogP contribution is -2.24. The molecule has 0 aliphatic carbocycles. The van der Waals surface area contributed by atoms with Crippen LogP contribution in [0.2, 0.25) is 0 Å². The van der Waals surface area contributed by atoms with E-state index in [1.54, 1.807) is 6.07 Å². The Morgan fingerprint density at radius 1 is 1.38 bits per heavy atom. The first-order chi connectivity index (χ1) is 7.58. The molecule has 16 heavy (non-hydrogen) atoms. The third kappa shape index (κ3) is 3.12. The maximum Gasteiger partial charge on any atom is 0.167 e. The topological polar surface area (TPSA) is 21.3 Å². The van der Waals surface area contributed by atoms with Gasteiger partial charge in [-0.25, -0.2) is 4.39 Å². The van der Waals surface area contributed by atoms with Crippen LogP contribution >= 0.6 is 0 Å². The van der Waals surface area contributed by atoms with Crippen molar-refractivity contribution in [2.75, 3.05) is 12.4 Å². The fourth-order valence-corrected chi connectivity index (χ4v) is 1.71. The average molecular weight is 225 g/mol. The van der Waals surface area contributed by atoms with Crippen LogP contribution in [-0.4, -0.2) is 13.2 Å².